The van der Waals surface area contributed by atoms with Crippen molar-refractivity contribution in [3.8, 4) is 10.6 Å². The number of hydrogen-bond acceptors (Lipinski definition) is 5. The van der Waals surface area contributed by atoms with Gasteiger partial charge in [-0.05, 0) is 48.6 Å². The lowest BCUT2D eigenvalue weighted by Gasteiger charge is -2.09. The first-order valence-corrected chi connectivity index (χ1v) is 10.3. The van der Waals surface area contributed by atoms with Crippen LogP contribution in [-0.4, -0.2) is 26.3 Å². The van der Waals surface area contributed by atoms with Gasteiger partial charge < -0.3 is 5.32 Å². The van der Waals surface area contributed by atoms with E-state index in [-0.39, 0.29) is 5.91 Å². The van der Waals surface area contributed by atoms with Gasteiger partial charge in [0.2, 0.25) is 5.91 Å². The maximum absolute atomic E-state index is 12.4. The average molecular weight is 395 g/mol. The number of fused-ring (bicyclic) bond motifs is 1. The molecule has 5 nitrogen and oxygen atoms in total. The van der Waals surface area contributed by atoms with Gasteiger partial charge >= 0.3 is 0 Å². The SMILES string of the molecule is Cc1ccc(C)c(NC(=O)CSc2nccn3nc(-c4cccs4)cc23)c1. The van der Waals surface area contributed by atoms with E-state index >= 15 is 0 Å². The molecule has 0 aliphatic rings. The van der Waals surface area contributed by atoms with Crippen LogP contribution in [0.1, 0.15) is 11.1 Å². The molecular weight excluding hydrogens is 376 g/mol. The number of aromatic nitrogens is 3. The molecule has 136 valence electrons. The van der Waals surface area contributed by atoms with Gasteiger partial charge in [-0.2, -0.15) is 5.10 Å². The maximum atomic E-state index is 12.4. The van der Waals surface area contributed by atoms with Gasteiger partial charge in [-0.1, -0.05) is 30.0 Å². The minimum Gasteiger partial charge on any atom is -0.325 e. The Morgan fingerprint density at radius 2 is 2.15 bits per heavy atom. The van der Waals surface area contributed by atoms with Crippen molar-refractivity contribution in [2.75, 3.05) is 11.1 Å². The minimum atomic E-state index is -0.0458. The number of benzene rings is 1. The summed E-state index contributed by atoms with van der Waals surface area (Å²) in [6, 6.07) is 12.1. The molecule has 0 saturated heterocycles. The number of nitrogens with zero attached hydrogens (tertiary/aromatic N) is 3. The topological polar surface area (TPSA) is 59.3 Å². The number of nitrogens with one attached hydrogen (secondary N) is 1. The quantitative estimate of drug-likeness (QED) is 0.494. The Morgan fingerprint density at radius 1 is 1.26 bits per heavy atom. The third kappa shape index (κ3) is 3.89. The summed E-state index contributed by atoms with van der Waals surface area (Å²) in [5, 5.41) is 10.4. The van der Waals surface area contributed by atoms with Crippen LogP contribution in [0.2, 0.25) is 0 Å². The number of hydrogen-bond donors (Lipinski definition) is 1. The highest BCUT2D eigenvalue weighted by molar-refractivity contribution is 8.00. The fourth-order valence-electron chi connectivity index (χ4n) is 2.74. The largest absolute Gasteiger partial charge is 0.325 e. The van der Waals surface area contributed by atoms with Crippen molar-refractivity contribution in [1.82, 2.24) is 14.6 Å². The Kier molecular flexibility index (Phi) is 4.96. The summed E-state index contributed by atoms with van der Waals surface area (Å²) in [5.74, 6) is 0.245. The van der Waals surface area contributed by atoms with E-state index in [0.717, 1.165) is 37.9 Å². The van der Waals surface area contributed by atoms with Crippen molar-refractivity contribution in [2.45, 2.75) is 18.9 Å². The Hall–Kier alpha value is -2.64. The summed E-state index contributed by atoms with van der Waals surface area (Å²) >= 11 is 3.07. The normalized spacial score (nSPS) is 11.0. The van der Waals surface area contributed by atoms with Crippen LogP contribution in [-0.2, 0) is 4.79 Å². The molecule has 7 heteroatoms. The van der Waals surface area contributed by atoms with E-state index in [2.05, 4.69) is 15.4 Å². The van der Waals surface area contributed by atoms with Gasteiger partial charge in [0, 0.05) is 18.1 Å². The molecule has 0 aliphatic heterocycles. The molecule has 0 spiro atoms. The van der Waals surface area contributed by atoms with Crippen LogP contribution in [0.15, 0.2) is 59.2 Å². The molecule has 1 amide bonds. The van der Waals surface area contributed by atoms with Gasteiger partial charge in [0.15, 0.2) is 0 Å². The second kappa shape index (κ2) is 7.54. The number of rotatable bonds is 5. The monoisotopic (exact) mass is 394 g/mol. The van der Waals surface area contributed by atoms with Gasteiger partial charge in [0.1, 0.15) is 10.7 Å². The molecule has 3 heterocycles. The molecule has 1 N–H and O–H groups in total. The summed E-state index contributed by atoms with van der Waals surface area (Å²) in [6.45, 7) is 4.00. The van der Waals surface area contributed by atoms with Crippen LogP contribution in [0.3, 0.4) is 0 Å². The van der Waals surface area contributed by atoms with Gasteiger partial charge in [-0.25, -0.2) is 9.50 Å². The molecule has 0 bridgehead atoms. The number of thiophene rings is 1. The van der Waals surface area contributed by atoms with Crippen molar-refractivity contribution in [2.24, 2.45) is 0 Å². The van der Waals surface area contributed by atoms with E-state index < -0.39 is 0 Å². The Labute approximate surface area is 165 Å². The van der Waals surface area contributed by atoms with Crippen LogP contribution in [0.5, 0.6) is 0 Å². The van der Waals surface area contributed by atoms with Crippen molar-refractivity contribution < 1.29 is 4.79 Å². The van der Waals surface area contributed by atoms with E-state index in [9.17, 15) is 4.79 Å². The Bertz CT molecular complexity index is 1100. The second-order valence-electron chi connectivity index (χ2n) is 6.22. The first-order chi connectivity index (χ1) is 13.1. The molecule has 0 unspecified atom stereocenters. The summed E-state index contributed by atoms with van der Waals surface area (Å²) < 4.78 is 1.81. The number of aryl methyl sites for hydroxylation is 2. The summed E-state index contributed by atoms with van der Waals surface area (Å²) in [6.07, 6.45) is 3.54. The number of carbonyl (C=O) groups excluding carboxylic acids is 1. The highest BCUT2D eigenvalue weighted by Crippen LogP contribution is 2.28. The van der Waals surface area contributed by atoms with Crippen molar-refractivity contribution in [3.05, 3.63) is 65.3 Å². The molecule has 0 atom stereocenters. The molecule has 3 aromatic heterocycles. The molecule has 27 heavy (non-hydrogen) atoms. The maximum Gasteiger partial charge on any atom is 0.234 e. The Balaban J connectivity index is 1.50. The van der Waals surface area contributed by atoms with E-state index in [1.54, 1.807) is 17.5 Å². The average Bonchev–Trinajstić information content (AvgIpc) is 3.32. The summed E-state index contributed by atoms with van der Waals surface area (Å²) in [4.78, 5) is 17.9. The van der Waals surface area contributed by atoms with E-state index in [1.807, 2.05) is 66.3 Å². The zero-order chi connectivity index (χ0) is 18.8. The summed E-state index contributed by atoms with van der Waals surface area (Å²) in [5.41, 5.74) is 4.85. The first-order valence-electron chi connectivity index (χ1n) is 8.48. The molecular formula is C20H18N4OS2. The predicted molar refractivity (Wildman–Crippen MR) is 112 cm³/mol. The minimum absolute atomic E-state index is 0.0458. The van der Waals surface area contributed by atoms with Crippen LogP contribution in [0, 0.1) is 13.8 Å². The van der Waals surface area contributed by atoms with Crippen LogP contribution >= 0.6 is 23.1 Å². The first kappa shape index (κ1) is 17.8. The van der Waals surface area contributed by atoms with Gasteiger partial charge in [-0.3, -0.25) is 4.79 Å². The molecule has 0 aliphatic carbocycles. The summed E-state index contributed by atoms with van der Waals surface area (Å²) in [7, 11) is 0. The van der Waals surface area contributed by atoms with Crippen LogP contribution < -0.4 is 5.32 Å². The fourth-order valence-corrected chi connectivity index (χ4v) is 4.20. The molecule has 1 aromatic carbocycles. The number of anilines is 1. The lowest BCUT2D eigenvalue weighted by atomic mass is 10.1. The lowest BCUT2D eigenvalue weighted by molar-refractivity contribution is -0.113. The van der Waals surface area contributed by atoms with Crippen molar-refractivity contribution in [1.29, 1.82) is 0 Å². The van der Waals surface area contributed by atoms with Crippen LogP contribution in [0.4, 0.5) is 5.69 Å². The van der Waals surface area contributed by atoms with E-state index in [0.29, 0.717) is 5.75 Å². The number of thioether (sulfide) groups is 1. The van der Waals surface area contributed by atoms with Gasteiger partial charge in [0.05, 0.1) is 16.1 Å². The highest BCUT2D eigenvalue weighted by atomic mass is 32.2. The van der Waals surface area contributed by atoms with E-state index in [4.69, 9.17) is 0 Å². The molecule has 0 fully saturated rings. The molecule has 0 radical (unpaired) electrons. The number of carbonyl (C=O) groups is 1. The fraction of sp³-hybridized carbons (Fsp3) is 0.150. The molecule has 4 rings (SSSR count). The smallest absolute Gasteiger partial charge is 0.234 e. The van der Waals surface area contributed by atoms with Crippen LogP contribution in [0.25, 0.3) is 16.1 Å². The standard InChI is InChI=1S/C20H18N4OS2/c1-13-5-6-14(2)15(10-13)22-19(25)12-27-20-17-11-16(18-4-3-9-26-18)23-24(17)8-7-21-20/h3-11H,12H2,1-2H3,(H,22,25). The van der Waals surface area contributed by atoms with Gasteiger partial charge in [-0.15, -0.1) is 11.3 Å². The third-order valence-electron chi connectivity index (χ3n) is 4.14. The third-order valence-corrected chi connectivity index (χ3v) is 6.02. The second-order valence-corrected chi connectivity index (χ2v) is 8.14. The zero-order valence-electron chi connectivity index (χ0n) is 15.0. The predicted octanol–water partition coefficient (Wildman–Crippen LogP) is 4.81. The van der Waals surface area contributed by atoms with Crippen molar-refractivity contribution in [3.63, 3.8) is 0 Å². The molecule has 0 saturated carbocycles. The lowest BCUT2D eigenvalue weighted by Crippen LogP contribution is -2.15. The van der Waals surface area contributed by atoms with Crippen molar-refractivity contribution >= 4 is 40.2 Å². The Morgan fingerprint density at radius 3 is 2.96 bits per heavy atom. The zero-order valence-corrected chi connectivity index (χ0v) is 16.6. The van der Waals surface area contributed by atoms with E-state index in [1.165, 1.54) is 11.8 Å². The highest BCUT2D eigenvalue weighted by Gasteiger charge is 2.12. The number of amides is 1. The van der Waals surface area contributed by atoms with Gasteiger partial charge in [0.25, 0.3) is 0 Å². The molecule has 4 aromatic rings.